The number of nitrogens with zero attached hydrogens (tertiary/aromatic N) is 2. The first kappa shape index (κ1) is 23.4. The van der Waals surface area contributed by atoms with Crippen LogP contribution in [0.2, 0.25) is 0 Å². The molecule has 0 bridgehead atoms. The number of aryl methyl sites for hydroxylation is 1. The molecule has 1 aromatic heterocycles. The Kier molecular flexibility index (Phi) is 7.34. The summed E-state index contributed by atoms with van der Waals surface area (Å²) >= 11 is 0. The van der Waals surface area contributed by atoms with Gasteiger partial charge in [0.15, 0.2) is 0 Å². The van der Waals surface area contributed by atoms with Gasteiger partial charge in [-0.3, -0.25) is 9.59 Å². The molecule has 0 spiro atoms. The Labute approximate surface area is 190 Å². The summed E-state index contributed by atoms with van der Waals surface area (Å²) in [6, 6.07) is 13.9. The van der Waals surface area contributed by atoms with Crippen LogP contribution in [0.5, 0.6) is 0 Å². The van der Waals surface area contributed by atoms with Gasteiger partial charge in [-0.2, -0.15) is 5.10 Å². The van der Waals surface area contributed by atoms with E-state index in [0.29, 0.717) is 11.3 Å². The highest BCUT2D eigenvalue weighted by Gasteiger charge is 2.14. The largest absolute Gasteiger partial charge is 0.462 e. The zero-order valence-corrected chi connectivity index (χ0v) is 18.4. The van der Waals surface area contributed by atoms with Crippen LogP contribution < -0.4 is 10.7 Å². The second-order valence-corrected chi connectivity index (χ2v) is 7.09. The number of carbonyl (C=O) groups excluding carboxylic acids is 3. The quantitative estimate of drug-likeness (QED) is 0.260. The summed E-state index contributed by atoms with van der Waals surface area (Å²) in [6.07, 6.45) is 1.43. The fraction of sp³-hybridized carbons (Fsp3) is 0.167. The lowest BCUT2D eigenvalue weighted by Gasteiger charge is -2.09. The third-order valence-electron chi connectivity index (χ3n) is 4.78. The zero-order valence-electron chi connectivity index (χ0n) is 18.4. The van der Waals surface area contributed by atoms with Crippen LogP contribution in [-0.2, 0) is 14.3 Å². The van der Waals surface area contributed by atoms with Crippen molar-refractivity contribution in [1.82, 2.24) is 9.99 Å². The second kappa shape index (κ2) is 10.4. The van der Waals surface area contributed by atoms with Crippen LogP contribution >= 0.6 is 0 Å². The van der Waals surface area contributed by atoms with Gasteiger partial charge in [0, 0.05) is 28.3 Å². The van der Waals surface area contributed by atoms with E-state index >= 15 is 0 Å². The molecule has 0 aliphatic carbocycles. The standard InChI is InChI=1S/C24H23FN4O4/c1-4-33-24(32)17-5-9-20(10-6-17)27-22(30)23(31)28-26-14-18-13-15(2)29(16(18)3)21-11-7-19(25)8-12-21/h5-14H,4H2,1-3H3,(H,27,30)(H,28,31)/b26-14-. The van der Waals surface area contributed by atoms with Crippen molar-refractivity contribution >= 4 is 29.7 Å². The summed E-state index contributed by atoms with van der Waals surface area (Å²) in [6.45, 7) is 5.73. The molecule has 0 saturated carbocycles. The predicted octanol–water partition coefficient (Wildman–Crippen LogP) is 3.50. The van der Waals surface area contributed by atoms with E-state index < -0.39 is 17.8 Å². The van der Waals surface area contributed by atoms with Crippen molar-refractivity contribution in [1.29, 1.82) is 0 Å². The van der Waals surface area contributed by atoms with Crippen molar-refractivity contribution in [2.45, 2.75) is 20.8 Å². The Bertz CT molecular complexity index is 1200. The molecule has 0 atom stereocenters. The normalized spacial score (nSPS) is 10.8. The molecule has 2 N–H and O–H groups in total. The van der Waals surface area contributed by atoms with E-state index in [9.17, 15) is 18.8 Å². The highest BCUT2D eigenvalue weighted by molar-refractivity contribution is 6.39. The topological polar surface area (TPSA) is 102 Å². The summed E-state index contributed by atoms with van der Waals surface area (Å²) in [5.41, 5.74) is 6.12. The molecular formula is C24H23FN4O4. The summed E-state index contributed by atoms with van der Waals surface area (Å²) in [4.78, 5) is 35.8. The Hall–Kier alpha value is -4.27. The number of amides is 2. The van der Waals surface area contributed by atoms with Crippen molar-refractivity contribution in [3.8, 4) is 5.69 Å². The maximum absolute atomic E-state index is 13.2. The number of rotatable bonds is 6. The Morgan fingerprint density at radius 3 is 2.33 bits per heavy atom. The van der Waals surface area contributed by atoms with Crippen LogP contribution in [0.25, 0.3) is 5.69 Å². The fourth-order valence-electron chi connectivity index (χ4n) is 3.21. The molecule has 0 aliphatic rings. The average Bonchev–Trinajstić information content (AvgIpc) is 3.08. The number of ether oxygens (including phenoxy) is 1. The minimum Gasteiger partial charge on any atom is -0.462 e. The van der Waals surface area contributed by atoms with Gasteiger partial charge in [0.25, 0.3) is 0 Å². The summed E-state index contributed by atoms with van der Waals surface area (Å²) in [5.74, 6) is -2.65. The van der Waals surface area contributed by atoms with Crippen LogP contribution in [0.15, 0.2) is 59.7 Å². The molecule has 33 heavy (non-hydrogen) atoms. The number of halogens is 1. The third-order valence-corrected chi connectivity index (χ3v) is 4.78. The Morgan fingerprint density at radius 1 is 1.03 bits per heavy atom. The fourth-order valence-corrected chi connectivity index (χ4v) is 3.21. The molecule has 9 heteroatoms. The molecular weight excluding hydrogens is 427 g/mol. The van der Waals surface area contributed by atoms with Crippen molar-refractivity contribution in [2.75, 3.05) is 11.9 Å². The van der Waals surface area contributed by atoms with Crippen molar-refractivity contribution in [3.05, 3.63) is 82.9 Å². The first-order chi connectivity index (χ1) is 15.8. The number of esters is 1. The van der Waals surface area contributed by atoms with E-state index in [1.54, 1.807) is 19.1 Å². The summed E-state index contributed by atoms with van der Waals surface area (Å²) in [5, 5.41) is 6.29. The SMILES string of the molecule is CCOC(=O)c1ccc(NC(=O)C(=O)N/N=C\c2cc(C)n(-c3ccc(F)cc3)c2C)cc1. The number of aromatic nitrogens is 1. The number of hydrazone groups is 1. The molecule has 3 rings (SSSR count). The van der Waals surface area contributed by atoms with E-state index in [1.807, 2.05) is 24.5 Å². The number of nitrogens with one attached hydrogen (secondary N) is 2. The smallest absolute Gasteiger partial charge is 0.338 e. The lowest BCUT2D eigenvalue weighted by molar-refractivity contribution is -0.136. The van der Waals surface area contributed by atoms with Gasteiger partial charge in [-0.1, -0.05) is 0 Å². The molecule has 8 nitrogen and oxygen atoms in total. The summed E-state index contributed by atoms with van der Waals surface area (Å²) < 4.78 is 20.0. The van der Waals surface area contributed by atoms with E-state index in [4.69, 9.17) is 4.74 Å². The molecule has 0 fully saturated rings. The van der Waals surface area contributed by atoms with E-state index in [0.717, 1.165) is 22.6 Å². The lowest BCUT2D eigenvalue weighted by atomic mass is 10.2. The highest BCUT2D eigenvalue weighted by Crippen LogP contribution is 2.20. The predicted molar refractivity (Wildman–Crippen MR) is 122 cm³/mol. The molecule has 0 saturated heterocycles. The van der Waals surface area contributed by atoms with Gasteiger partial charge in [-0.05, 0) is 75.4 Å². The van der Waals surface area contributed by atoms with Crippen LogP contribution in [-0.4, -0.2) is 35.2 Å². The maximum Gasteiger partial charge on any atom is 0.338 e. The summed E-state index contributed by atoms with van der Waals surface area (Å²) in [7, 11) is 0. The van der Waals surface area contributed by atoms with Gasteiger partial charge in [0.1, 0.15) is 5.82 Å². The monoisotopic (exact) mass is 450 g/mol. The van der Waals surface area contributed by atoms with Gasteiger partial charge in [0.05, 0.1) is 18.4 Å². The number of hydrogen-bond acceptors (Lipinski definition) is 5. The highest BCUT2D eigenvalue weighted by atomic mass is 19.1. The number of anilines is 1. The van der Waals surface area contributed by atoms with Crippen molar-refractivity contribution in [2.24, 2.45) is 5.10 Å². The Morgan fingerprint density at radius 2 is 1.70 bits per heavy atom. The van der Waals surface area contributed by atoms with Gasteiger partial charge in [-0.25, -0.2) is 14.6 Å². The number of benzene rings is 2. The maximum atomic E-state index is 13.2. The molecule has 1 heterocycles. The molecule has 2 aromatic carbocycles. The van der Waals surface area contributed by atoms with Crippen LogP contribution in [0.4, 0.5) is 10.1 Å². The van der Waals surface area contributed by atoms with Crippen molar-refractivity contribution < 1.29 is 23.5 Å². The Balaban J connectivity index is 1.61. The third kappa shape index (κ3) is 5.70. The second-order valence-electron chi connectivity index (χ2n) is 7.09. The number of carbonyl (C=O) groups is 3. The van der Waals surface area contributed by atoms with Gasteiger partial charge in [0.2, 0.25) is 0 Å². The lowest BCUT2D eigenvalue weighted by Crippen LogP contribution is -2.32. The van der Waals surface area contributed by atoms with Crippen LogP contribution in [0, 0.1) is 19.7 Å². The van der Waals surface area contributed by atoms with Gasteiger partial charge >= 0.3 is 17.8 Å². The molecule has 0 aliphatic heterocycles. The van der Waals surface area contributed by atoms with Gasteiger partial charge < -0.3 is 14.6 Å². The first-order valence-electron chi connectivity index (χ1n) is 10.2. The van der Waals surface area contributed by atoms with Gasteiger partial charge in [-0.15, -0.1) is 0 Å². The zero-order chi connectivity index (χ0) is 24.0. The van der Waals surface area contributed by atoms with Crippen LogP contribution in [0.3, 0.4) is 0 Å². The molecule has 3 aromatic rings. The minimum atomic E-state index is -0.951. The van der Waals surface area contributed by atoms with E-state index in [1.165, 1.54) is 42.6 Å². The first-order valence-corrected chi connectivity index (χ1v) is 10.2. The van der Waals surface area contributed by atoms with Crippen LogP contribution in [0.1, 0.15) is 34.2 Å². The van der Waals surface area contributed by atoms with Crippen molar-refractivity contribution in [3.63, 3.8) is 0 Å². The molecule has 0 radical (unpaired) electrons. The number of hydrogen-bond donors (Lipinski definition) is 2. The van der Waals surface area contributed by atoms with E-state index in [-0.39, 0.29) is 12.4 Å². The molecule has 2 amide bonds. The minimum absolute atomic E-state index is 0.258. The molecule has 170 valence electrons. The molecule has 0 unspecified atom stereocenters. The van der Waals surface area contributed by atoms with E-state index in [2.05, 4.69) is 15.8 Å². The average molecular weight is 450 g/mol.